The first-order chi connectivity index (χ1) is 5.11. The molecule has 1 heterocycles. The van der Waals surface area contributed by atoms with Crippen LogP contribution in [0.25, 0.3) is 0 Å². The number of ketones is 1. The van der Waals surface area contributed by atoms with E-state index >= 15 is 0 Å². The largest absolute Gasteiger partial charge is 0.293 e. The lowest BCUT2D eigenvalue weighted by atomic mass is 10.2. The summed E-state index contributed by atoms with van der Waals surface area (Å²) in [7, 11) is 0. The van der Waals surface area contributed by atoms with Crippen molar-refractivity contribution in [1.29, 1.82) is 0 Å². The van der Waals surface area contributed by atoms with Crippen LogP contribution in [0.3, 0.4) is 0 Å². The Bertz CT molecular complexity index is 296. The maximum atomic E-state index is 12.6. The molecule has 1 rings (SSSR count). The Hall–Kier alpha value is -1.25. The quantitative estimate of drug-likeness (QED) is 0.575. The number of Topliss-reactive ketones (excluding diaryl/α,β-unsaturated/α-hetero) is 1. The number of aromatic nitrogens is 1. The van der Waals surface area contributed by atoms with Gasteiger partial charge in [-0.1, -0.05) is 0 Å². The van der Waals surface area contributed by atoms with Crippen molar-refractivity contribution in [2.75, 3.05) is 0 Å². The summed E-state index contributed by atoms with van der Waals surface area (Å²) in [5.41, 5.74) is 0.571. The van der Waals surface area contributed by atoms with Crippen LogP contribution < -0.4 is 0 Å². The second-order valence-electron chi connectivity index (χ2n) is 2.32. The SMILES string of the molecule is CC(=O)c1ccc(F)c(C)n1. The molecule has 3 heteroatoms. The number of aryl methyl sites for hydroxylation is 1. The van der Waals surface area contributed by atoms with Crippen molar-refractivity contribution in [3.05, 3.63) is 29.3 Å². The summed E-state index contributed by atoms with van der Waals surface area (Å²) in [4.78, 5) is 14.5. The average molecular weight is 153 g/mol. The molecule has 0 fully saturated rings. The van der Waals surface area contributed by atoms with Gasteiger partial charge in [0.2, 0.25) is 0 Å². The molecule has 0 spiro atoms. The molecule has 0 atom stereocenters. The van der Waals surface area contributed by atoms with Gasteiger partial charge in [0.25, 0.3) is 0 Å². The minimum Gasteiger partial charge on any atom is -0.293 e. The highest BCUT2D eigenvalue weighted by molar-refractivity contribution is 5.92. The van der Waals surface area contributed by atoms with E-state index in [2.05, 4.69) is 4.98 Å². The first-order valence-electron chi connectivity index (χ1n) is 3.25. The molecule has 0 N–H and O–H groups in total. The van der Waals surface area contributed by atoms with E-state index in [9.17, 15) is 9.18 Å². The van der Waals surface area contributed by atoms with Crippen LogP contribution in [0.1, 0.15) is 23.1 Å². The summed E-state index contributed by atoms with van der Waals surface area (Å²) in [6, 6.07) is 2.63. The first-order valence-corrected chi connectivity index (χ1v) is 3.25. The fraction of sp³-hybridized carbons (Fsp3) is 0.250. The van der Waals surface area contributed by atoms with Crippen LogP contribution in [-0.4, -0.2) is 10.8 Å². The molecule has 11 heavy (non-hydrogen) atoms. The van der Waals surface area contributed by atoms with Crippen LogP contribution in [0.2, 0.25) is 0 Å². The maximum Gasteiger partial charge on any atom is 0.178 e. The predicted molar refractivity (Wildman–Crippen MR) is 38.9 cm³/mol. The van der Waals surface area contributed by atoms with E-state index in [0.717, 1.165) is 0 Å². The van der Waals surface area contributed by atoms with Gasteiger partial charge in [-0.15, -0.1) is 0 Å². The van der Waals surface area contributed by atoms with Gasteiger partial charge in [0.1, 0.15) is 11.5 Å². The van der Waals surface area contributed by atoms with Gasteiger partial charge in [0, 0.05) is 6.92 Å². The Morgan fingerprint density at radius 2 is 2.18 bits per heavy atom. The van der Waals surface area contributed by atoms with Crippen molar-refractivity contribution in [2.24, 2.45) is 0 Å². The molecule has 58 valence electrons. The molecule has 0 aromatic carbocycles. The van der Waals surface area contributed by atoms with E-state index in [0.29, 0.717) is 5.69 Å². The number of carbonyl (C=O) groups excluding carboxylic acids is 1. The second kappa shape index (κ2) is 2.78. The monoisotopic (exact) mass is 153 g/mol. The Kier molecular flexibility index (Phi) is 1.98. The highest BCUT2D eigenvalue weighted by Crippen LogP contribution is 2.04. The number of carbonyl (C=O) groups is 1. The van der Waals surface area contributed by atoms with E-state index in [1.165, 1.54) is 26.0 Å². The molecule has 0 saturated heterocycles. The lowest BCUT2D eigenvalue weighted by Crippen LogP contribution is -1.99. The third-order valence-electron chi connectivity index (χ3n) is 1.38. The van der Waals surface area contributed by atoms with Crippen LogP contribution >= 0.6 is 0 Å². The fourth-order valence-corrected chi connectivity index (χ4v) is 0.740. The van der Waals surface area contributed by atoms with Gasteiger partial charge < -0.3 is 0 Å². The van der Waals surface area contributed by atoms with Crippen LogP contribution in [0.4, 0.5) is 4.39 Å². The zero-order valence-corrected chi connectivity index (χ0v) is 6.39. The number of rotatable bonds is 1. The maximum absolute atomic E-state index is 12.6. The predicted octanol–water partition coefficient (Wildman–Crippen LogP) is 1.73. The summed E-state index contributed by atoms with van der Waals surface area (Å²) in [5, 5.41) is 0. The Morgan fingerprint density at radius 3 is 2.64 bits per heavy atom. The standard InChI is InChI=1S/C8H8FNO/c1-5-7(9)3-4-8(10-5)6(2)11/h3-4H,1-2H3. The van der Waals surface area contributed by atoms with Gasteiger partial charge >= 0.3 is 0 Å². The molecule has 0 aliphatic heterocycles. The Labute approximate surface area is 64.1 Å². The van der Waals surface area contributed by atoms with E-state index in [4.69, 9.17) is 0 Å². The van der Waals surface area contributed by atoms with E-state index in [1.54, 1.807) is 0 Å². The minimum absolute atomic E-state index is 0.145. The van der Waals surface area contributed by atoms with E-state index in [1.807, 2.05) is 0 Å². The third kappa shape index (κ3) is 1.61. The van der Waals surface area contributed by atoms with Gasteiger partial charge in [-0.3, -0.25) is 4.79 Å². The number of hydrogen-bond donors (Lipinski definition) is 0. The normalized spacial score (nSPS) is 9.73. The third-order valence-corrected chi connectivity index (χ3v) is 1.38. The summed E-state index contributed by atoms with van der Waals surface area (Å²) in [6.07, 6.45) is 0. The van der Waals surface area contributed by atoms with Gasteiger partial charge in [0.15, 0.2) is 5.78 Å². The van der Waals surface area contributed by atoms with Crippen LogP contribution in [0.5, 0.6) is 0 Å². The number of nitrogens with zero attached hydrogens (tertiary/aromatic N) is 1. The second-order valence-corrected chi connectivity index (χ2v) is 2.32. The zero-order valence-electron chi connectivity index (χ0n) is 6.39. The summed E-state index contributed by atoms with van der Waals surface area (Å²) in [5.74, 6) is -0.525. The van der Waals surface area contributed by atoms with Gasteiger partial charge in [-0.2, -0.15) is 0 Å². The molecule has 0 radical (unpaired) electrons. The molecule has 0 amide bonds. The molecule has 0 bridgehead atoms. The Morgan fingerprint density at radius 1 is 1.55 bits per heavy atom. The number of halogens is 1. The highest BCUT2D eigenvalue weighted by Gasteiger charge is 2.03. The highest BCUT2D eigenvalue weighted by atomic mass is 19.1. The topological polar surface area (TPSA) is 30.0 Å². The van der Waals surface area contributed by atoms with Crippen molar-refractivity contribution < 1.29 is 9.18 Å². The molecular weight excluding hydrogens is 145 g/mol. The van der Waals surface area contributed by atoms with Crippen molar-refractivity contribution in [3.63, 3.8) is 0 Å². The molecule has 0 aliphatic rings. The molecule has 1 aromatic heterocycles. The number of pyridine rings is 1. The van der Waals surface area contributed by atoms with Gasteiger partial charge in [-0.25, -0.2) is 9.37 Å². The summed E-state index contributed by atoms with van der Waals surface area (Å²) >= 11 is 0. The molecule has 0 unspecified atom stereocenters. The summed E-state index contributed by atoms with van der Waals surface area (Å²) in [6.45, 7) is 2.93. The van der Waals surface area contributed by atoms with Crippen molar-refractivity contribution in [3.8, 4) is 0 Å². The van der Waals surface area contributed by atoms with E-state index < -0.39 is 0 Å². The van der Waals surface area contributed by atoms with Gasteiger partial charge in [-0.05, 0) is 19.1 Å². The first kappa shape index (κ1) is 7.85. The Balaban J connectivity index is 3.15. The smallest absolute Gasteiger partial charge is 0.178 e. The molecule has 0 saturated carbocycles. The van der Waals surface area contributed by atoms with Gasteiger partial charge in [0.05, 0.1) is 5.69 Å². The number of hydrogen-bond acceptors (Lipinski definition) is 2. The van der Waals surface area contributed by atoms with Crippen molar-refractivity contribution in [2.45, 2.75) is 13.8 Å². The molecular formula is C8H8FNO. The van der Waals surface area contributed by atoms with Crippen LogP contribution in [0, 0.1) is 12.7 Å². The molecule has 2 nitrogen and oxygen atoms in total. The lowest BCUT2D eigenvalue weighted by molar-refractivity contribution is 0.101. The van der Waals surface area contributed by atoms with Crippen molar-refractivity contribution >= 4 is 5.78 Å². The molecule has 0 aliphatic carbocycles. The fourth-order valence-electron chi connectivity index (χ4n) is 0.740. The van der Waals surface area contributed by atoms with Crippen molar-refractivity contribution in [1.82, 2.24) is 4.98 Å². The van der Waals surface area contributed by atoms with E-state index in [-0.39, 0.29) is 17.3 Å². The summed E-state index contributed by atoms with van der Waals surface area (Å²) < 4.78 is 12.6. The van der Waals surface area contributed by atoms with Crippen LogP contribution in [0.15, 0.2) is 12.1 Å². The molecule has 1 aromatic rings. The average Bonchev–Trinajstić information content (AvgIpc) is 1.94. The minimum atomic E-state index is -0.380. The zero-order chi connectivity index (χ0) is 8.43. The lowest BCUT2D eigenvalue weighted by Gasteiger charge is -1.96. The van der Waals surface area contributed by atoms with Crippen LogP contribution in [-0.2, 0) is 0 Å².